The number of halogens is 1. The fraction of sp³-hybridized carbons (Fsp3) is 0.643. The quantitative estimate of drug-likeness (QED) is 0.548. The smallest absolute Gasteiger partial charge is 0.243 e. The van der Waals surface area contributed by atoms with Crippen LogP contribution < -0.4 is 0 Å². The standard InChI is InChI=1S/C14H22ClNO2/c1-4-11-7-6-8-12(5-2)14(11)16(10-18-3)13(17)9-15/h6-7,12H,4-5,8-10H2,1-3H3. The Morgan fingerprint density at radius 1 is 1.56 bits per heavy atom. The number of carbonyl (C=O) groups is 1. The summed E-state index contributed by atoms with van der Waals surface area (Å²) in [6.45, 7) is 4.52. The third-order valence-electron chi connectivity index (χ3n) is 3.29. The van der Waals surface area contributed by atoms with Crippen molar-refractivity contribution in [2.45, 2.75) is 33.1 Å². The summed E-state index contributed by atoms with van der Waals surface area (Å²) in [6.07, 6.45) is 7.21. The molecule has 0 aromatic heterocycles. The monoisotopic (exact) mass is 271 g/mol. The zero-order chi connectivity index (χ0) is 13.5. The molecule has 1 unspecified atom stereocenters. The second kappa shape index (κ2) is 7.59. The number of amides is 1. The normalized spacial score (nSPS) is 19.2. The molecule has 1 atom stereocenters. The van der Waals surface area contributed by atoms with Crippen molar-refractivity contribution >= 4 is 17.5 Å². The number of allylic oxidation sites excluding steroid dienone is 4. The van der Waals surface area contributed by atoms with Gasteiger partial charge in [-0.25, -0.2) is 0 Å². The van der Waals surface area contributed by atoms with Crippen LogP contribution in [0.5, 0.6) is 0 Å². The zero-order valence-corrected chi connectivity index (χ0v) is 12.2. The van der Waals surface area contributed by atoms with Gasteiger partial charge in [-0.3, -0.25) is 9.69 Å². The molecule has 0 radical (unpaired) electrons. The van der Waals surface area contributed by atoms with Crippen LogP contribution in [0.1, 0.15) is 33.1 Å². The molecule has 18 heavy (non-hydrogen) atoms. The third kappa shape index (κ3) is 3.36. The van der Waals surface area contributed by atoms with E-state index in [4.69, 9.17) is 16.3 Å². The summed E-state index contributed by atoms with van der Waals surface area (Å²) in [5, 5.41) is 0. The predicted molar refractivity (Wildman–Crippen MR) is 74.3 cm³/mol. The van der Waals surface area contributed by atoms with E-state index in [0.29, 0.717) is 5.92 Å². The van der Waals surface area contributed by atoms with E-state index >= 15 is 0 Å². The lowest BCUT2D eigenvalue weighted by molar-refractivity contribution is -0.131. The van der Waals surface area contributed by atoms with Gasteiger partial charge in [-0.2, -0.15) is 0 Å². The molecule has 102 valence electrons. The van der Waals surface area contributed by atoms with Gasteiger partial charge in [0, 0.05) is 18.7 Å². The van der Waals surface area contributed by atoms with Crippen molar-refractivity contribution in [1.82, 2.24) is 4.90 Å². The molecule has 0 heterocycles. The van der Waals surface area contributed by atoms with Gasteiger partial charge in [0.2, 0.25) is 5.91 Å². The number of hydrogen-bond donors (Lipinski definition) is 0. The average Bonchev–Trinajstić information content (AvgIpc) is 2.43. The number of rotatable bonds is 6. The Kier molecular flexibility index (Phi) is 6.44. The summed E-state index contributed by atoms with van der Waals surface area (Å²) in [6, 6.07) is 0. The molecule has 1 amide bonds. The average molecular weight is 272 g/mol. The highest BCUT2D eigenvalue weighted by atomic mass is 35.5. The number of alkyl halides is 1. The molecular weight excluding hydrogens is 250 g/mol. The molecule has 0 spiro atoms. The summed E-state index contributed by atoms with van der Waals surface area (Å²) in [5.41, 5.74) is 2.30. The van der Waals surface area contributed by atoms with Crippen LogP contribution in [0.15, 0.2) is 23.4 Å². The second-order valence-corrected chi connectivity index (χ2v) is 4.65. The molecule has 0 bridgehead atoms. The van der Waals surface area contributed by atoms with E-state index in [-0.39, 0.29) is 18.5 Å². The Balaban J connectivity index is 3.13. The van der Waals surface area contributed by atoms with Gasteiger partial charge in [-0.15, -0.1) is 11.6 Å². The van der Waals surface area contributed by atoms with Crippen molar-refractivity contribution in [2.24, 2.45) is 5.92 Å². The van der Waals surface area contributed by atoms with Crippen molar-refractivity contribution in [3.63, 3.8) is 0 Å². The van der Waals surface area contributed by atoms with Gasteiger partial charge < -0.3 is 4.74 Å². The Morgan fingerprint density at radius 2 is 2.28 bits per heavy atom. The lowest BCUT2D eigenvalue weighted by Gasteiger charge is -2.33. The molecule has 0 fully saturated rings. The van der Waals surface area contributed by atoms with Gasteiger partial charge >= 0.3 is 0 Å². The summed E-state index contributed by atoms with van der Waals surface area (Å²) < 4.78 is 5.15. The molecule has 0 aliphatic heterocycles. The van der Waals surface area contributed by atoms with Crippen molar-refractivity contribution < 1.29 is 9.53 Å². The van der Waals surface area contributed by atoms with Crippen molar-refractivity contribution in [1.29, 1.82) is 0 Å². The highest BCUT2D eigenvalue weighted by Gasteiger charge is 2.26. The Hall–Kier alpha value is -0.800. The molecule has 1 aliphatic rings. The van der Waals surface area contributed by atoms with Crippen LogP contribution in [0.25, 0.3) is 0 Å². The van der Waals surface area contributed by atoms with E-state index in [1.54, 1.807) is 12.0 Å². The molecule has 0 aromatic carbocycles. The molecule has 1 aliphatic carbocycles. The number of hydrogen-bond acceptors (Lipinski definition) is 2. The molecule has 0 saturated carbocycles. The van der Waals surface area contributed by atoms with Crippen LogP contribution in [0.4, 0.5) is 0 Å². The summed E-state index contributed by atoms with van der Waals surface area (Å²) in [7, 11) is 1.60. The molecule has 0 N–H and O–H groups in total. The fourth-order valence-electron chi connectivity index (χ4n) is 2.36. The van der Waals surface area contributed by atoms with Gasteiger partial charge in [-0.05, 0) is 24.8 Å². The van der Waals surface area contributed by atoms with Gasteiger partial charge in [0.25, 0.3) is 0 Å². The van der Waals surface area contributed by atoms with Crippen molar-refractivity contribution in [3.8, 4) is 0 Å². The first kappa shape index (κ1) is 15.3. The molecular formula is C14H22ClNO2. The van der Waals surface area contributed by atoms with E-state index in [0.717, 1.165) is 25.0 Å². The van der Waals surface area contributed by atoms with Crippen LogP contribution in [0.2, 0.25) is 0 Å². The van der Waals surface area contributed by atoms with Gasteiger partial charge in [0.05, 0.1) is 0 Å². The minimum absolute atomic E-state index is 0.00992. The molecule has 4 heteroatoms. The zero-order valence-electron chi connectivity index (χ0n) is 11.4. The van der Waals surface area contributed by atoms with Crippen LogP contribution in [0.3, 0.4) is 0 Å². The highest BCUT2D eigenvalue weighted by Crippen LogP contribution is 2.32. The molecule has 1 rings (SSSR count). The van der Waals surface area contributed by atoms with Crippen molar-refractivity contribution in [3.05, 3.63) is 23.4 Å². The van der Waals surface area contributed by atoms with E-state index in [1.165, 1.54) is 5.57 Å². The molecule has 3 nitrogen and oxygen atoms in total. The number of nitrogens with zero attached hydrogens (tertiary/aromatic N) is 1. The first-order valence-electron chi connectivity index (χ1n) is 6.44. The van der Waals surface area contributed by atoms with E-state index in [1.807, 2.05) is 0 Å². The topological polar surface area (TPSA) is 29.5 Å². The summed E-state index contributed by atoms with van der Waals surface area (Å²) in [4.78, 5) is 13.7. The van der Waals surface area contributed by atoms with Crippen LogP contribution >= 0.6 is 11.6 Å². The number of carbonyl (C=O) groups excluding carboxylic acids is 1. The van der Waals surface area contributed by atoms with Gasteiger partial charge in [-0.1, -0.05) is 26.0 Å². The largest absolute Gasteiger partial charge is 0.364 e. The Labute approximate surface area is 114 Å². The third-order valence-corrected chi connectivity index (χ3v) is 3.52. The summed E-state index contributed by atoms with van der Waals surface area (Å²) in [5.74, 6) is 0.282. The maximum absolute atomic E-state index is 12.0. The first-order chi connectivity index (χ1) is 8.69. The number of methoxy groups -OCH3 is 1. The minimum atomic E-state index is -0.0896. The maximum Gasteiger partial charge on any atom is 0.243 e. The Morgan fingerprint density at radius 3 is 2.78 bits per heavy atom. The maximum atomic E-state index is 12.0. The van der Waals surface area contributed by atoms with Crippen molar-refractivity contribution in [2.75, 3.05) is 19.7 Å². The SMILES string of the molecule is CCC1=C(N(COC)C(=O)CCl)C(CC)CC=C1. The first-order valence-corrected chi connectivity index (χ1v) is 6.97. The van der Waals surface area contributed by atoms with Gasteiger partial charge in [0.15, 0.2) is 0 Å². The van der Waals surface area contributed by atoms with Gasteiger partial charge in [0.1, 0.15) is 12.6 Å². The molecule has 0 aromatic rings. The number of ether oxygens (including phenoxy) is 1. The predicted octanol–water partition coefficient (Wildman–Crippen LogP) is 3.31. The van der Waals surface area contributed by atoms with Crippen LogP contribution in [-0.2, 0) is 9.53 Å². The minimum Gasteiger partial charge on any atom is -0.364 e. The van der Waals surface area contributed by atoms with E-state index < -0.39 is 0 Å². The summed E-state index contributed by atoms with van der Waals surface area (Å²) >= 11 is 5.70. The fourth-order valence-corrected chi connectivity index (χ4v) is 2.51. The lowest BCUT2D eigenvalue weighted by atomic mass is 9.88. The van der Waals surface area contributed by atoms with E-state index in [9.17, 15) is 4.79 Å². The Bertz CT molecular complexity index is 350. The lowest BCUT2D eigenvalue weighted by Crippen LogP contribution is -2.37. The molecule has 0 saturated heterocycles. The second-order valence-electron chi connectivity index (χ2n) is 4.38. The highest BCUT2D eigenvalue weighted by molar-refractivity contribution is 6.27. The van der Waals surface area contributed by atoms with E-state index in [2.05, 4.69) is 26.0 Å². The van der Waals surface area contributed by atoms with Crippen LogP contribution in [-0.4, -0.2) is 30.5 Å². The van der Waals surface area contributed by atoms with Crippen LogP contribution in [0, 0.1) is 5.92 Å².